The minimum atomic E-state index is -0.370. The maximum absolute atomic E-state index is 13.2. The molecule has 0 radical (unpaired) electrons. The highest BCUT2D eigenvalue weighted by Crippen LogP contribution is 2.26. The van der Waals surface area contributed by atoms with E-state index in [0.717, 1.165) is 25.3 Å². The second-order valence-corrected chi connectivity index (χ2v) is 5.37. The fourth-order valence-electron chi connectivity index (χ4n) is 2.57. The van der Waals surface area contributed by atoms with Crippen molar-refractivity contribution in [2.24, 2.45) is 0 Å². The Morgan fingerprint density at radius 3 is 2.70 bits per heavy atom. The number of nitrogens with zero attached hydrogens (tertiary/aromatic N) is 1. The molecule has 2 aromatic carbocycles. The van der Waals surface area contributed by atoms with Gasteiger partial charge in [0.1, 0.15) is 5.82 Å². The molecule has 1 N–H and O–H groups in total. The molecule has 0 saturated carbocycles. The van der Waals surface area contributed by atoms with Crippen LogP contribution in [0.15, 0.2) is 48.5 Å². The highest BCUT2D eigenvalue weighted by molar-refractivity contribution is 6.31. The quantitative estimate of drug-likeness (QED) is 0.908. The molecule has 1 unspecified atom stereocenters. The van der Waals surface area contributed by atoms with E-state index < -0.39 is 0 Å². The highest BCUT2D eigenvalue weighted by atomic mass is 35.5. The molecule has 4 heteroatoms. The summed E-state index contributed by atoms with van der Waals surface area (Å²) in [6.07, 6.45) is 0. The summed E-state index contributed by atoms with van der Waals surface area (Å²) >= 11 is 5.87. The fraction of sp³-hybridized carbons (Fsp3) is 0.250. The van der Waals surface area contributed by atoms with Crippen LogP contribution in [0.3, 0.4) is 0 Å². The van der Waals surface area contributed by atoms with Gasteiger partial charge < -0.3 is 10.2 Å². The van der Waals surface area contributed by atoms with Gasteiger partial charge in [-0.3, -0.25) is 0 Å². The molecule has 1 fully saturated rings. The van der Waals surface area contributed by atoms with Gasteiger partial charge in [-0.15, -0.1) is 0 Å². The second kappa shape index (κ2) is 5.81. The first-order valence-electron chi connectivity index (χ1n) is 6.72. The van der Waals surface area contributed by atoms with Crippen LogP contribution in [0.1, 0.15) is 11.6 Å². The summed E-state index contributed by atoms with van der Waals surface area (Å²) in [5.41, 5.74) is 2.24. The summed E-state index contributed by atoms with van der Waals surface area (Å²) < 4.78 is 13.2. The molecular weight excluding hydrogens is 275 g/mol. The number of anilines is 1. The Kier molecular flexibility index (Phi) is 3.90. The lowest BCUT2D eigenvalue weighted by Crippen LogP contribution is -2.45. The Hall–Kier alpha value is -1.58. The SMILES string of the molecule is Fc1ccc(N2CCNC(c3ccccc3)C2)cc1Cl. The van der Waals surface area contributed by atoms with Crippen molar-refractivity contribution in [1.29, 1.82) is 0 Å². The monoisotopic (exact) mass is 290 g/mol. The van der Waals surface area contributed by atoms with Crippen molar-refractivity contribution < 1.29 is 4.39 Å². The standard InChI is InChI=1S/C16H16ClFN2/c17-14-10-13(6-7-15(14)18)20-9-8-19-16(11-20)12-4-2-1-3-5-12/h1-7,10,16,19H,8-9,11H2. The van der Waals surface area contributed by atoms with Crippen LogP contribution in [0, 0.1) is 5.82 Å². The van der Waals surface area contributed by atoms with E-state index in [4.69, 9.17) is 11.6 Å². The first-order chi connectivity index (χ1) is 9.74. The Morgan fingerprint density at radius 2 is 1.95 bits per heavy atom. The van der Waals surface area contributed by atoms with Crippen LogP contribution in [0.5, 0.6) is 0 Å². The third-order valence-corrected chi connectivity index (χ3v) is 3.94. The molecule has 104 valence electrons. The van der Waals surface area contributed by atoms with E-state index in [0.29, 0.717) is 0 Å². The first kappa shape index (κ1) is 13.4. The topological polar surface area (TPSA) is 15.3 Å². The number of hydrogen-bond donors (Lipinski definition) is 1. The maximum atomic E-state index is 13.2. The predicted molar refractivity (Wildman–Crippen MR) is 80.8 cm³/mol. The lowest BCUT2D eigenvalue weighted by molar-refractivity contribution is 0.472. The number of rotatable bonds is 2. The Labute approximate surface area is 123 Å². The van der Waals surface area contributed by atoms with Gasteiger partial charge in [-0.25, -0.2) is 4.39 Å². The van der Waals surface area contributed by atoms with Crippen molar-refractivity contribution in [2.45, 2.75) is 6.04 Å². The van der Waals surface area contributed by atoms with E-state index in [1.54, 1.807) is 12.1 Å². The summed E-state index contributed by atoms with van der Waals surface area (Å²) in [6.45, 7) is 2.64. The summed E-state index contributed by atoms with van der Waals surface area (Å²) in [5, 5.41) is 3.69. The highest BCUT2D eigenvalue weighted by Gasteiger charge is 2.21. The maximum Gasteiger partial charge on any atom is 0.141 e. The summed E-state index contributed by atoms with van der Waals surface area (Å²) in [4.78, 5) is 2.24. The smallest absolute Gasteiger partial charge is 0.141 e. The van der Waals surface area contributed by atoms with Gasteiger partial charge in [0.05, 0.1) is 5.02 Å². The Balaban J connectivity index is 1.79. The van der Waals surface area contributed by atoms with E-state index in [-0.39, 0.29) is 16.9 Å². The van der Waals surface area contributed by atoms with Crippen LogP contribution >= 0.6 is 11.6 Å². The molecule has 1 atom stereocenters. The van der Waals surface area contributed by atoms with Crippen molar-refractivity contribution in [3.8, 4) is 0 Å². The zero-order chi connectivity index (χ0) is 13.9. The zero-order valence-corrected chi connectivity index (χ0v) is 11.8. The predicted octanol–water partition coefficient (Wildman–Crippen LogP) is 3.63. The first-order valence-corrected chi connectivity index (χ1v) is 7.10. The number of nitrogens with one attached hydrogen (secondary N) is 1. The second-order valence-electron chi connectivity index (χ2n) is 4.96. The lowest BCUT2D eigenvalue weighted by atomic mass is 10.0. The average Bonchev–Trinajstić information content (AvgIpc) is 2.51. The van der Waals surface area contributed by atoms with E-state index in [2.05, 4.69) is 22.3 Å². The van der Waals surface area contributed by atoms with E-state index in [1.165, 1.54) is 11.6 Å². The van der Waals surface area contributed by atoms with Gasteiger partial charge in [0, 0.05) is 31.4 Å². The summed E-state index contributed by atoms with van der Waals surface area (Å²) in [5.74, 6) is -0.370. The molecule has 1 aliphatic heterocycles. The molecule has 1 saturated heterocycles. The van der Waals surface area contributed by atoms with E-state index >= 15 is 0 Å². The molecule has 3 rings (SSSR count). The number of piperazine rings is 1. The fourth-order valence-corrected chi connectivity index (χ4v) is 2.75. The molecular formula is C16H16ClFN2. The molecule has 1 aliphatic rings. The largest absolute Gasteiger partial charge is 0.368 e. The van der Waals surface area contributed by atoms with Gasteiger partial charge in [-0.1, -0.05) is 41.9 Å². The van der Waals surface area contributed by atoms with Crippen LogP contribution in [-0.4, -0.2) is 19.6 Å². The van der Waals surface area contributed by atoms with Gasteiger partial charge in [0.25, 0.3) is 0 Å². The lowest BCUT2D eigenvalue weighted by Gasteiger charge is -2.35. The van der Waals surface area contributed by atoms with Crippen molar-refractivity contribution >= 4 is 17.3 Å². The number of benzene rings is 2. The van der Waals surface area contributed by atoms with Crippen molar-refractivity contribution in [2.75, 3.05) is 24.5 Å². The van der Waals surface area contributed by atoms with E-state index in [1.807, 2.05) is 18.2 Å². The minimum absolute atomic E-state index is 0.178. The third kappa shape index (κ3) is 2.79. The third-order valence-electron chi connectivity index (χ3n) is 3.65. The normalized spacial score (nSPS) is 19.1. The van der Waals surface area contributed by atoms with Gasteiger partial charge >= 0.3 is 0 Å². The van der Waals surface area contributed by atoms with Crippen LogP contribution in [0.25, 0.3) is 0 Å². The van der Waals surface area contributed by atoms with Crippen molar-refractivity contribution in [1.82, 2.24) is 5.32 Å². The summed E-state index contributed by atoms with van der Waals surface area (Å²) in [6, 6.07) is 15.6. The van der Waals surface area contributed by atoms with Crippen molar-refractivity contribution in [3.63, 3.8) is 0 Å². The molecule has 2 nitrogen and oxygen atoms in total. The minimum Gasteiger partial charge on any atom is -0.368 e. The Morgan fingerprint density at radius 1 is 1.15 bits per heavy atom. The van der Waals surface area contributed by atoms with Crippen LogP contribution in [0.2, 0.25) is 5.02 Å². The van der Waals surface area contributed by atoms with Gasteiger partial charge in [0.15, 0.2) is 0 Å². The number of halogens is 2. The van der Waals surface area contributed by atoms with Crippen molar-refractivity contribution in [3.05, 3.63) is 64.9 Å². The van der Waals surface area contributed by atoms with Crippen LogP contribution in [0.4, 0.5) is 10.1 Å². The van der Waals surface area contributed by atoms with Gasteiger partial charge in [-0.05, 0) is 23.8 Å². The van der Waals surface area contributed by atoms with Gasteiger partial charge in [-0.2, -0.15) is 0 Å². The molecule has 0 spiro atoms. The molecule has 20 heavy (non-hydrogen) atoms. The molecule has 0 aromatic heterocycles. The van der Waals surface area contributed by atoms with E-state index in [9.17, 15) is 4.39 Å². The Bertz CT molecular complexity index is 588. The number of hydrogen-bond acceptors (Lipinski definition) is 2. The van der Waals surface area contributed by atoms with Gasteiger partial charge in [0.2, 0.25) is 0 Å². The molecule has 0 aliphatic carbocycles. The average molecular weight is 291 g/mol. The molecule has 2 aromatic rings. The molecule has 1 heterocycles. The van der Waals surface area contributed by atoms with Crippen LogP contribution in [-0.2, 0) is 0 Å². The summed E-state index contributed by atoms with van der Waals surface area (Å²) in [7, 11) is 0. The van der Waals surface area contributed by atoms with Crippen LogP contribution < -0.4 is 10.2 Å². The molecule has 0 amide bonds. The zero-order valence-electron chi connectivity index (χ0n) is 11.0. The molecule has 0 bridgehead atoms.